The summed E-state index contributed by atoms with van der Waals surface area (Å²) in [6.07, 6.45) is 3.28. The number of hydrogen-bond donors (Lipinski definition) is 2. The van der Waals surface area contributed by atoms with Crippen LogP contribution in [0.5, 0.6) is 5.75 Å². The minimum Gasteiger partial charge on any atom is -0.508 e. The van der Waals surface area contributed by atoms with E-state index >= 15 is 0 Å². The van der Waals surface area contributed by atoms with Crippen LogP contribution in [-0.2, 0) is 4.79 Å². The molecule has 2 N–H and O–H groups in total. The molecule has 96 valence electrons. The van der Waals surface area contributed by atoms with Crippen molar-refractivity contribution in [1.29, 1.82) is 0 Å². The molecule has 4 heteroatoms. The highest BCUT2D eigenvalue weighted by Crippen LogP contribution is 2.24. The standard InChI is InChI=1S/C14H17NO3/c1-3-8-15(9-4-2)13(14(17)18)11-6-5-7-12(16)10-11/h3-7,10,13,16H,1-2,8-9H2,(H,17,18). The Hall–Kier alpha value is -2.07. The molecular formula is C14H17NO3. The lowest BCUT2D eigenvalue weighted by atomic mass is 10.0. The third-order valence-electron chi connectivity index (χ3n) is 2.51. The number of benzene rings is 1. The molecule has 0 bridgehead atoms. The Labute approximate surface area is 106 Å². The van der Waals surface area contributed by atoms with Crippen molar-refractivity contribution in [3.05, 3.63) is 55.1 Å². The van der Waals surface area contributed by atoms with Gasteiger partial charge >= 0.3 is 5.97 Å². The van der Waals surface area contributed by atoms with Crippen LogP contribution < -0.4 is 0 Å². The Morgan fingerprint density at radius 2 is 1.94 bits per heavy atom. The quantitative estimate of drug-likeness (QED) is 0.725. The molecule has 0 heterocycles. The zero-order chi connectivity index (χ0) is 13.5. The van der Waals surface area contributed by atoms with Gasteiger partial charge in [-0.2, -0.15) is 0 Å². The molecule has 0 aliphatic heterocycles. The van der Waals surface area contributed by atoms with Gasteiger partial charge in [0.15, 0.2) is 0 Å². The van der Waals surface area contributed by atoms with Crippen molar-refractivity contribution in [2.75, 3.05) is 13.1 Å². The first kappa shape index (κ1) is 14.0. The van der Waals surface area contributed by atoms with Crippen molar-refractivity contribution in [3.63, 3.8) is 0 Å². The molecular weight excluding hydrogens is 230 g/mol. The van der Waals surface area contributed by atoms with Gasteiger partial charge in [-0.05, 0) is 17.7 Å². The van der Waals surface area contributed by atoms with Crippen molar-refractivity contribution in [2.24, 2.45) is 0 Å². The van der Waals surface area contributed by atoms with Gasteiger partial charge in [-0.1, -0.05) is 24.3 Å². The summed E-state index contributed by atoms with van der Waals surface area (Å²) >= 11 is 0. The van der Waals surface area contributed by atoms with E-state index in [0.29, 0.717) is 18.7 Å². The molecule has 0 aliphatic rings. The Morgan fingerprint density at radius 1 is 1.33 bits per heavy atom. The second-order valence-electron chi connectivity index (χ2n) is 3.87. The number of carbonyl (C=O) groups is 1. The highest BCUT2D eigenvalue weighted by molar-refractivity contribution is 5.75. The van der Waals surface area contributed by atoms with Gasteiger partial charge in [0, 0.05) is 13.1 Å². The molecule has 1 rings (SSSR count). The Kier molecular flexibility index (Phi) is 5.14. The van der Waals surface area contributed by atoms with Crippen LogP contribution in [0.4, 0.5) is 0 Å². The minimum atomic E-state index is -0.968. The predicted molar refractivity (Wildman–Crippen MR) is 70.5 cm³/mol. The Bertz CT molecular complexity index is 432. The fourth-order valence-corrected chi connectivity index (χ4v) is 1.82. The number of nitrogens with zero attached hydrogens (tertiary/aromatic N) is 1. The summed E-state index contributed by atoms with van der Waals surface area (Å²) in [5, 5.41) is 18.8. The van der Waals surface area contributed by atoms with Gasteiger partial charge in [-0.25, -0.2) is 0 Å². The average Bonchev–Trinajstić information content (AvgIpc) is 2.29. The third-order valence-corrected chi connectivity index (χ3v) is 2.51. The van der Waals surface area contributed by atoms with Crippen molar-refractivity contribution < 1.29 is 15.0 Å². The molecule has 1 aromatic carbocycles. The number of phenolic OH excluding ortho intramolecular Hbond substituents is 1. The average molecular weight is 247 g/mol. The number of carboxylic acids is 1. The summed E-state index contributed by atoms with van der Waals surface area (Å²) < 4.78 is 0. The van der Waals surface area contributed by atoms with E-state index < -0.39 is 12.0 Å². The summed E-state index contributed by atoms with van der Waals surface area (Å²) in [5.74, 6) is -0.916. The minimum absolute atomic E-state index is 0.0518. The Balaban J connectivity index is 3.10. The van der Waals surface area contributed by atoms with Crippen LogP contribution in [-0.4, -0.2) is 34.2 Å². The molecule has 0 aliphatic carbocycles. The smallest absolute Gasteiger partial charge is 0.325 e. The van der Waals surface area contributed by atoms with E-state index in [9.17, 15) is 15.0 Å². The normalized spacial score (nSPS) is 12.1. The van der Waals surface area contributed by atoms with Gasteiger partial charge < -0.3 is 10.2 Å². The van der Waals surface area contributed by atoms with Gasteiger partial charge in [0.1, 0.15) is 11.8 Å². The lowest BCUT2D eigenvalue weighted by molar-refractivity contribution is -0.143. The van der Waals surface area contributed by atoms with E-state index in [1.54, 1.807) is 29.2 Å². The van der Waals surface area contributed by atoms with Crippen molar-refractivity contribution in [3.8, 4) is 5.75 Å². The monoisotopic (exact) mass is 247 g/mol. The number of hydrogen-bond acceptors (Lipinski definition) is 3. The van der Waals surface area contributed by atoms with E-state index in [4.69, 9.17) is 0 Å². The van der Waals surface area contributed by atoms with Crippen molar-refractivity contribution >= 4 is 5.97 Å². The number of aromatic hydroxyl groups is 1. The van der Waals surface area contributed by atoms with Crippen LogP contribution in [0.1, 0.15) is 11.6 Å². The van der Waals surface area contributed by atoms with E-state index in [0.717, 1.165) is 0 Å². The molecule has 1 atom stereocenters. The summed E-state index contributed by atoms with van der Waals surface area (Å²) in [5.41, 5.74) is 0.534. The number of rotatable bonds is 7. The number of phenols is 1. The SMILES string of the molecule is C=CCN(CC=C)C(C(=O)O)c1cccc(O)c1. The molecule has 0 fully saturated rings. The van der Waals surface area contributed by atoms with Crippen LogP contribution >= 0.6 is 0 Å². The van der Waals surface area contributed by atoms with Crippen molar-refractivity contribution in [1.82, 2.24) is 4.90 Å². The van der Waals surface area contributed by atoms with E-state index in [1.807, 2.05) is 0 Å². The molecule has 0 amide bonds. The molecule has 0 radical (unpaired) electrons. The second-order valence-corrected chi connectivity index (χ2v) is 3.87. The van der Waals surface area contributed by atoms with E-state index in [-0.39, 0.29) is 5.75 Å². The summed E-state index contributed by atoms with van der Waals surface area (Å²) in [4.78, 5) is 13.1. The van der Waals surface area contributed by atoms with Crippen molar-refractivity contribution in [2.45, 2.75) is 6.04 Å². The highest BCUT2D eigenvalue weighted by atomic mass is 16.4. The molecule has 0 saturated carbocycles. The molecule has 0 aromatic heterocycles. The van der Waals surface area contributed by atoms with Gasteiger partial charge in [0.05, 0.1) is 0 Å². The van der Waals surface area contributed by atoms with Crippen LogP contribution in [0.25, 0.3) is 0 Å². The molecule has 0 spiro atoms. The van der Waals surface area contributed by atoms with E-state index in [1.165, 1.54) is 12.1 Å². The summed E-state index contributed by atoms with van der Waals surface area (Å²) in [6, 6.07) is 5.44. The second kappa shape index (κ2) is 6.61. The maximum atomic E-state index is 11.4. The summed E-state index contributed by atoms with van der Waals surface area (Å²) in [6.45, 7) is 8.09. The topological polar surface area (TPSA) is 60.8 Å². The van der Waals surface area contributed by atoms with Crippen LogP contribution in [0, 0.1) is 0 Å². The van der Waals surface area contributed by atoms with Crippen LogP contribution in [0.3, 0.4) is 0 Å². The first-order valence-electron chi connectivity index (χ1n) is 5.57. The fraction of sp³-hybridized carbons (Fsp3) is 0.214. The number of aliphatic carboxylic acids is 1. The third kappa shape index (κ3) is 3.46. The van der Waals surface area contributed by atoms with E-state index in [2.05, 4.69) is 13.2 Å². The molecule has 1 aromatic rings. The predicted octanol–water partition coefficient (Wildman–Crippen LogP) is 2.19. The first-order chi connectivity index (χ1) is 8.60. The summed E-state index contributed by atoms with van der Waals surface area (Å²) in [7, 11) is 0. The first-order valence-corrected chi connectivity index (χ1v) is 5.57. The zero-order valence-corrected chi connectivity index (χ0v) is 10.1. The highest BCUT2D eigenvalue weighted by Gasteiger charge is 2.26. The maximum Gasteiger partial charge on any atom is 0.325 e. The largest absolute Gasteiger partial charge is 0.508 e. The molecule has 1 unspecified atom stereocenters. The van der Waals surface area contributed by atoms with Gasteiger partial charge in [-0.15, -0.1) is 13.2 Å². The van der Waals surface area contributed by atoms with Gasteiger partial charge in [0.25, 0.3) is 0 Å². The lowest BCUT2D eigenvalue weighted by Gasteiger charge is -2.26. The van der Waals surface area contributed by atoms with Crippen LogP contribution in [0.2, 0.25) is 0 Å². The van der Waals surface area contributed by atoms with Gasteiger partial charge in [-0.3, -0.25) is 9.69 Å². The van der Waals surface area contributed by atoms with Gasteiger partial charge in [0.2, 0.25) is 0 Å². The Morgan fingerprint density at radius 3 is 2.39 bits per heavy atom. The van der Waals surface area contributed by atoms with Crippen LogP contribution in [0.15, 0.2) is 49.6 Å². The fourth-order valence-electron chi connectivity index (χ4n) is 1.82. The zero-order valence-electron chi connectivity index (χ0n) is 10.1. The number of carboxylic acid groups (broad SMARTS) is 1. The molecule has 0 saturated heterocycles. The maximum absolute atomic E-state index is 11.4. The molecule has 4 nitrogen and oxygen atoms in total. The molecule has 18 heavy (non-hydrogen) atoms. The lowest BCUT2D eigenvalue weighted by Crippen LogP contribution is -2.34.